The van der Waals surface area contributed by atoms with Crippen LogP contribution in [0, 0.1) is 0 Å². The highest BCUT2D eigenvalue weighted by molar-refractivity contribution is 6.02. The van der Waals surface area contributed by atoms with Crippen LogP contribution in [0.2, 0.25) is 0 Å². The van der Waals surface area contributed by atoms with Crippen LogP contribution in [0.15, 0.2) is 24.3 Å². The van der Waals surface area contributed by atoms with Crippen molar-refractivity contribution in [2.75, 3.05) is 37.6 Å². The summed E-state index contributed by atoms with van der Waals surface area (Å²) in [6.45, 7) is 7.53. The standard InChI is InChI=1S/C19H25N3O4/c1-14(23)20-10-12-21(13-11-20)17(24)8-9-22-15-6-4-5-7-16(15)26-19(2,3)18(22)25/h4-7H,8-13H2,1-3H3. The second-order valence-electron chi connectivity index (χ2n) is 7.17. The van der Waals surface area contributed by atoms with Gasteiger partial charge in [-0.3, -0.25) is 14.4 Å². The number of para-hydroxylation sites is 2. The highest BCUT2D eigenvalue weighted by Crippen LogP contribution is 2.37. The van der Waals surface area contributed by atoms with Crippen molar-refractivity contribution >= 4 is 23.4 Å². The third-order valence-corrected chi connectivity index (χ3v) is 4.91. The summed E-state index contributed by atoms with van der Waals surface area (Å²) in [5, 5.41) is 0. The van der Waals surface area contributed by atoms with E-state index in [1.165, 1.54) is 0 Å². The maximum atomic E-state index is 12.7. The zero-order chi connectivity index (χ0) is 18.9. The van der Waals surface area contributed by atoms with Gasteiger partial charge in [-0.25, -0.2) is 0 Å². The Hall–Kier alpha value is -2.57. The van der Waals surface area contributed by atoms with Gasteiger partial charge in [0.1, 0.15) is 5.75 Å². The third kappa shape index (κ3) is 3.52. The van der Waals surface area contributed by atoms with E-state index in [0.29, 0.717) is 44.2 Å². The number of amides is 3. The minimum Gasteiger partial charge on any atom is -0.476 e. The van der Waals surface area contributed by atoms with Crippen molar-refractivity contribution in [3.05, 3.63) is 24.3 Å². The minimum absolute atomic E-state index is 0.00258. The molecular weight excluding hydrogens is 334 g/mol. The number of nitrogens with zero attached hydrogens (tertiary/aromatic N) is 3. The van der Waals surface area contributed by atoms with Crippen LogP contribution < -0.4 is 9.64 Å². The van der Waals surface area contributed by atoms with E-state index in [4.69, 9.17) is 4.74 Å². The molecule has 2 aliphatic rings. The summed E-state index contributed by atoms with van der Waals surface area (Å²) in [5.74, 6) is 0.544. The normalized spacial score (nSPS) is 19.0. The number of hydrogen-bond acceptors (Lipinski definition) is 4. The second kappa shape index (κ2) is 6.97. The van der Waals surface area contributed by atoms with Crippen molar-refractivity contribution in [3.8, 4) is 5.75 Å². The number of piperazine rings is 1. The number of ether oxygens (including phenoxy) is 1. The molecule has 0 spiro atoms. The van der Waals surface area contributed by atoms with Gasteiger partial charge in [-0.2, -0.15) is 0 Å². The van der Waals surface area contributed by atoms with Crippen molar-refractivity contribution in [1.29, 1.82) is 0 Å². The maximum absolute atomic E-state index is 12.7. The lowest BCUT2D eigenvalue weighted by Gasteiger charge is -2.39. The van der Waals surface area contributed by atoms with Crippen molar-refractivity contribution in [2.24, 2.45) is 0 Å². The SMILES string of the molecule is CC(=O)N1CCN(C(=O)CCN2C(=O)C(C)(C)Oc3ccccc32)CC1. The van der Waals surface area contributed by atoms with Gasteiger partial charge in [0, 0.05) is 46.1 Å². The first-order valence-electron chi connectivity index (χ1n) is 8.93. The number of fused-ring (bicyclic) bond motifs is 1. The monoisotopic (exact) mass is 359 g/mol. The smallest absolute Gasteiger partial charge is 0.270 e. The van der Waals surface area contributed by atoms with E-state index in [1.807, 2.05) is 24.3 Å². The Morgan fingerprint density at radius 3 is 2.35 bits per heavy atom. The molecule has 3 amide bonds. The molecule has 1 saturated heterocycles. The molecule has 0 saturated carbocycles. The summed E-state index contributed by atoms with van der Waals surface area (Å²) in [7, 11) is 0. The number of carbonyl (C=O) groups is 3. The molecule has 0 atom stereocenters. The van der Waals surface area contributed by atoms with E-state index >= 15 is 0 Å². The zero-order valence-corrected chi connectivity index (χ0v) is 15.5. The van der Waals surface area contributed by atoms with Gasteiger partial charge in [-0.05, 0) is 26.0 Å². The first-order valence-corrected chi connectivity index (χ1v) is 8.93. The third-order valence-electron chi connectivity index (χ3n) is 4.91. The highest BCUT2D eigenvalue weighted by atomic mass is 16.5. The molecule has 0 N–H and O–H groups in total. The van der Waals surface area contributed by atoms with Gasteiger partial charge in [0.25, 0.3) is 5.91 Å². The van der Waals surface area contributed by atoms with Gasteiger partial charge in [-0.1, -0.05) is 12.1 Å². The second-order valence-corrected chi connectivity index (χ2v) is 7.17. The molecule has 1 aromatic carbocycles. The van der Waals surface area contributed by atoms with Crippen molar-refractivity contribution in [3.63, 3.8) is 0 Å². The summed E-state index contributed by atoms with van der Waals surface area (Å²) < 4.78 is 5.80. The van der Waals surface area contributed by atoms with Crippen LogP contribution in [0.1, 0.15) is 27.2 Å². The van der Waals surface area contributed by atoms with Crippen LogP contribution in [-0.2, 0) is 14.4 Å². The Bertz CT molecular complexity index is 723. The van der Waals surface area contributed by atoms with Crippen LogP contribution in [-0.4, -0.2) is 65.8 Å². The Morgan fingerprint density at radius 1 is 1.08 bits per heavy atom. The van der Waals surface area contributed by atoms with Crippen molar-refractivity contribution in [2.45, 2.75) is 32.8 Å². The average Bonchev–Trinajstić information content (AvgIpc) is 2.61. The van der Waals surface area contributed by atoms with E-state index in [-0.39, 0.29) is 24.1 Å². The lowest BCUT2D eigenvalue weighted by Crippen LogP contribution is -2.54. The van der Waals surface area contributed by atoms with Gasteiger partial charge in [0.15, 0.2) is 5.60 Å². The molecule has 0 unspecified atom stereocenters. The molecule has 7 heteroatoms. The summed E-state index contributed by atoms with van der Waals surface area (Å²) in [5.41, 5.74) is -0.254. The molecular formula is C19H25N3O4. The van der Waals surface area contributed by atoms with Gasteiger partial charge >= 0.3 is 0 Å². The quantitative estimate of drug-likeness (QED) is 0.815. The van der Waals surface area contributed by atoms with Crippen molar-refractivity contribution in [1.82, 2.24) is 9.80 Å². The molecule has 7 nitrogen and oxygen atoms in total. The Balaban J connectivity index is 1.65. The largest absolute Gasteiger partial charge is 0.476 e. The molecule has 0 aliphatic carbocycles. The predicted octanol–water partition coefficient (Wildman–Crippen LogP) is 1.27. The molecule has 2 aliphatic heterocycles. The summed E-state index contributed by atoms with van der Waals surface area (Å²) in [4.78, 5) is 41.8. The van der Waals surface area contributed by atoms with Gasteiger partial charge in [0.05, 0.1) is 5.69 Å². The Kier molecular flexibility index (Phi) is 4.89. The molecule has 1 fully saturated rings. The lowest BCUT2D eigenvalue weighted by molar-refractivity contribution is -0.138. The number of rotatable bonds is 3. The molecule has 0 aromatic heterocycles. The first kappa shape index (κ1) is 18.2. The van der Waals surface area contributed by atoms with Crippen LogP contribution in [0.25, 0.3) is 0 Å². The van der Waals surface area contributed by atoms with Gasteiger partial charge in [0.2, 0.25) is 11.8 Å². The summed E-state index contributed by atoms with van der Waals surface area (Å²) >= 11 is 0. The molecule has 0 radical (unpaired) electrons. The molecule has 26 heavy (non-hydrogen) atoms. The fraction of sp³-hybridized carbons (Fsp3) is 0.526. The maximum Gasteiger partial charge on any atom is 0.270 e. The fourth-order valence-electron chi connectivity index (χ4n) is 3.38. The van der Waals surface area contributed by atoms with Crippen LogP contribution in [0.4, 0.5) is 5.69 Å². The molecule has 0 bridgehead atoms. The van der Waals surface area contributed by atoms with Gasteiger partial charge in [-0.15, -0.1) is 0 Å². The Morgan fingerprint density at radius 2 is 1.69 bits per heavy atom. The topological polar surface area (TPSA) is 70.2 Å². The van der Waals surface area contributed by atoms with E-state index in [1.54, 1.807) is 35.5 Å². The van der Waals surface area contributed by atoms with E-state index in [2.05, 4.69) is 0 Å². The summed E-state index contributed by atoms with van der Waals surface area (Å²) in [6, 6.07) is 7.38. The van der Waals surface area contributed by atoms with Crippen LogP contribution >= 0.6 is 0 Å². The number of benzene rings is 1. The van der Waals surface area contributed by atoms with Crippen LogP contribution in [0.3, 0.4) is 0 Å². The van der Waals surface area contributed by atoms with E-state index in [9.17, 15) is 14.4 Å². The minimum atomic E-state index is -0.954. The molecule has 1 aromatic rings. The highest BCUT2D eigenvalue weighted by Gasteiger charge is 2.40. The summed E-state index contributed by atoms with van der Waals surface area (Å²) in [6.07, 6.45) is 0.246. The Labute approximate surface area is 153 Å². The predicted molar refractivity (Wildman–Crippen MR) is 97.0 cm³/mol. The number of carbonyl (C=O) groups excluding carboxylic acids is 3. The average molecular weight is 359 g/mol. The number of anilines is 1. The lowest BCUT2D eigenvalue weighted by atomic mass is 10.0. The fourth-order valence-corrected chi connectivity index (χ4v) is 3.38. The van der Waals surface area contributed by atoms with Gasteiger partial charge < -0.3 is 19.4 Å². The van der Waals surface area contributed by atoms with E-state index < -0.39 is 5.60 Å². The zero-order valence-electron chi connectivity index (χ0n) is 15.5. The van der Waals surface area contributed by atoms with Crippen molar-refractivity contribution < 1.29 is 19.1 Å². The molecule has 2 heterocycles. The molecule has 3 rings (SSSR count). The first-order chi connectivity index (χ1) is 12.3. The number of hydrogen-bond donors (Lipinski definition) is 0. The molecule has 140 valence electrons. The van der Waals surface area contributed by atoms with Crippen LogP contribution in [0.5, 0.6) is 5.75 Å². The van der Waals surface area contributed by atoms with E-state index in [0.717, 1.165) is 0 Å².